The SMILES string of the molecule is c1ccc(-c2cc(-c3cc(-n4c5ccccc5c5ccccc54)cc(-n4c5ccccc5c5ccccc54)c3)nc(-c3ccccc3)n2)cc1.c1ccc(-c2cc(-c3ccc(-n4c5ccccc5c5ccccc54)cc3)nc(-c3ccccc3)n2)cc1.c1ccc2c(c1)c1ccccc1n2-c1ccc(-c2ccc(-n3c4ccccc4c4ccccc43)cc2)cc1. The Morgan fingerprint density at radius 3 is 0.528 bits per heavy atom. The zero-order chi connectivity index (χ0) is 82.7. The van der Waals surface area contributed by atoms with E-state index in [1.807, 2.05) is 60.7 Å². The quantitative estimate of drug-likeness (QED) is 0.122. The second-order valence-electron chi connectivity index (χ2n) is 31.6. The maximum absolute atomic E-state index is 5.26. The van der Waals surface area contributed by atoms with Gasteiger partial charge in [0.15, 0.2) is 11.6 Å². The van der Waals surface area contributed by atoms with Crippen molar-refractivity contribution in [2.24, 2.45) is 0 Å². The molecule has 0 radical (unpaired) electrons. The fourth-order valence-corrected chi connectivity index (χ4v) is 18.5. The molecule has 0 bridgehead atoms. The molecule has 25 rings (SSSR count). The molecule has 0 N–H and O–H groups in total. The van der Waals surface area contributed by atoms with Crippen LogP contribution in [0.4, 0.5) is 0 Å². The minimum atomic E-state index is 0.697. The number of hydrogen-bond donors (Lipinski definition) is 0. The third kappa shape index (κ3) is 13.2. The van der Waals surface area contributed by atoms with Gasteiger partial charge in [-0.3, -0.25) is 0 Å². The van der Waals surface area contributed by atoms with Crippen molar-refractivity contribution in [2.75, 3.05) is 0 Å². The highest BCUT2D eigenvalue weighted by Crippen LogP contribution is 2.42. The molecular weight excluding hydrogens is 1520 g/mol. The molecule has 125 heavy (non-hydrogen) atoms. The molecule has 0 atom stereocenters. The molecule has 0 spiro atoms. The van der Waals surface area contributed by atoms with E-state index in [4.69, 9.17) is 19.9 Å². The Bertz CT molecular complexity index is 7700. The first-order chi connectivity index (χ1) is 62.0. The topological polar surface area (TPSA) is 76.2 Å². The molecule has 7 heterocycles. The van der Waals surface area contributed by atoms with E-state index in [2.05, 4.69) is 429 Å². The van der Waals surface area contributed by atoms with Gasteiger partial charge in [-0.25, -0.2) is 19.9 Å². The Morgan fingerprint density at radius 1 is 0.120 bits per heavy atom. The molecule has 0 aliphatic carbocycles. The van der Waals surface area contributed by atoms with Gasteiger partial charge in [-0.15, -0.1) is 0 Å². The summed E-state index contributed by atoms with van der Waals surface area (Å²) in [5.74, 6) is 1.42. The molecular formula is C116H77N9. The van der Waals surface area contributed by atoms with Gasteiger partial charge in [0, 0.05) is 116 Å². The number of aromatic nitrogens is 9. The Morgan fingerprint density at radius 2 is 0.296 bits per heavy atom. The van der Waals surface area contributed by atoms with Crippen LogP contribution in [0.25, 0.3) is 216 Å². The predicted molar refractivity (Wildman–Crippen MR) is 520 cm³/mol. The monoisotopic (exact) mass is 1600 g/mol. The van der Waals surface area contributed by atoms with Gasteiger partial charge in [-0.2, -0.15) is 0 Å². The number of fused-ring (bicyclic) bond motifs is 15. The van der Waals surface area contributed by atoms with Crippen LogP contribution in [0, 0.1) is 0 Å². The lowest BCUT2D eigenvalue weighted by Gasteiger charge is -2.16. The zero-order valence-electron chi connectivity index (χ0n) is 68.0. The zero-order valence-corrected chi connectivity index (χ0v) is 68.0. The summed E-state index contributed by atoms with van der Waals surface area (Å²) in [5, 5.41) is 12.6. The first-order valence-corrected chi connectivity index (χ1v) is 42.4. The van der Waals surface area contributed by atoms with Crippen LogP contribution in [0.3, 0.4) is 0 Å². The van der Waals surface area contributed by atoms with Gasteiger partial charge in [0.25, 0.3) is 0 Å². The van der Waals surface area contributed by atoms with Gasteiger partial charge in [-0.05, 0) is 139 Å². The van der Waals surface area contributed by atoms with Gasteiger partial charge in [0.2, 0.25) is 0 Å². The predicted octanol–water partition coefficient (Wildman–Crippen LogP) is 29.8. The summed E-state index contributed by atoms with van der Waals surface area (Å²) in [5.41, 5.74) is 29.8. The van der Waals surface area contributed by atoms with Crippen LogP contribution in [0.2, 0.25) is 0 Å². The Hall–Kier alpha value is -16.9. The van der Waals surface area contributed by atoms with E-state index >= 15 is 0 Å². The molecule has 0 unspecified atom stereocenters. The van der Waals surface area contributed by atoms with Crippen molar-refractivity contribution in [3.05, 3.63) is 467 Å². The molecule has 7 aromatic heterocycles. The van der Waals surface area contributed by atoms with Crippen LogP contribution in [0.1, 0.15) is 0 Å². The summed E-state index contributed by atoms with van der Waals surface area (Å²) >= 11 is 0. The van der Waals surface area contributed by atoms with Crippen molar-refractivity contribution in [3.8, 4) is 107 Å². The number of benzene rings is 18. The van der Waals surface area contributed by atoms with E-state index in [0.717, 1.165) is 101 Å². The molecule has 25 aromatic rings. The standard InChI is InChI=1S/C46H30N4.C36H24N2.C34H23N3/c1-3-15-31(16-4-1)40-30-41(48-46(47-40)32-17-5-2-6-18-32)33-27-34(49-42-23-11-7-19-36(42)37-20-8-12-24-43(37)49)29-35(28-33)50-44-25-13-9-21-38(44)39-22-10-14-26-45(39)50;1-5-13-33-29(9-1)30-10-2-6-14-34(30)37(33)27-21-17-25(18-22-27)26-19-23-28(24-20-26)38-35-15-7-3-11-31(35)32-12-4-8-16-36(32)38;1-3-11-24(12-4-1)30-23-31(36-34(35-30)26-13-5-2-6-14-26)25-19-21-27(22-20-25)37-32-17-9-7-15-28(32)29-16-8-10-18-33(29)37/h1-30H;1-24H;1-23H. The first-order valence-electron chi connectivity index (χ1n) is 42.4. The van der Waals surface area contributed by atoms with E-state index in [9.17, 15) is 0 Å². The largest absolute Gasteiger partial charge is 0.309 e. The number of rotatable bonds is 12. The van der Waals surface area contributed by atoms with Crippen molar-refractivity contribution in [2.45, 2.75) is 0 Å². The highest BCUT2D eigenvalue weighted by atomic mass is 15.0. The highest BCUT2D eigenvalue weighted by molar-refractivity contribution is 6.14. The maximum atomic E-state index is 5.26. The molecule has 18 aromatic carbocycles. The van der Waals surface area contributed by atoms with E-state index < -0.39 is 0 Å². The maximum Gasteiger partial charge on any atom is 0.160 e. The first kappa shape index (κ1) is 73.3. The van der Waals surface area contributed by atoms with Gasteiger partial charge in [0.05, 0.1) is 77.9 Å². The minimum absolute atomic E-state index is 0.697. The second-order valence-corrected chi connectivity index (χ2v) is 31.6. The summed E-state index contributed by atoms with van der Waals surface area (Å²) in [6, 6.07) is 165. The number of nitrogens with zero attached hydrogens (tertiary/aromatic N) is 9. The minimum Gasteiger partial charge on any atom is -0.309 e. The highest BCUT2D eigenvalue weighted by Gasteiger charge is 2.22. The van der Waals surface area contributed by atoms with Crippen molar-refractivity contribution < 1.29 is 0 Å². The van der Waals surface area contributed by atoms with Crippen LogP contribution in [0.15, 0.2) is 467 Å². The fraction of sp³-hybridized carbons (Fsp3) is 0. The van der Waals surface area contributed by atoms with Crippen LogP contribution in [-0.4, -0.2) is 42.8 Å². The van der Waals surface area contributed by atoms with Crippen LogP contribution >= 0.6 is 0 Å². The summed E-state index contributed by atoms with van der Waals surface area (Å²) in [7, 11) is 0. The average Bonchev–Trinajstić information content (AvgIpc) is 1.58. The van der Waals surface area contributed by atoms with Crippen LogP contribution in [-0.2, 0) is 0 Å². The number of hydrogen-bond acceptors (Lipinski definition) is 4. The lowest BCUT2D eigenvalue weighted by atomic mass is 10.0. The van der Waals surface area contributed by atoms with Crippen molar-refractivity contribution in [3.63, 3.8) is 0 Å². The summed E-state index contributed by atoms with van der Waals surface area (Å²) < 4.78 is 11.8. The number of para-hydroxylation sites is 10. The van der Waals surface area contributed by atoms with E-state index in [0.29, 0.717) is 5.82 Å². The van der Waals surface area contributed by atoms with Crippen molar-refractivity contribution in [1.82, 2.24) is 42.8 Å². The lowest BCUT2D eigenvalue weighted by molar-refractivity contribution is 1.13. The van der Waals surface area contributed by atoms with Crippen molar-refractivity contribution >= 4 is 109 Å². The van der Waals surface area contributed by atoms with Gasteiger partial charge >= 0.3 is 0 Å². The summed E-state index contributed by atoms with van der Waals surface area (Å²) in [6.07, 6.45) is 0. The molecule has 0 fully saturated rings. The lowest BCUT2D eigenvalue weighted by Crippen LogP contribution is -2.01. The molecule has 9 heteroatoms. The molecule has 586 valence electrons. The molecule has 0 saturated carbocycles. The van der Waals surface area contributed by atoms with Crippen LogP contribution < -0.4 is 0 Å². The van der Waals surface area contributed by atoms with Gasteiger partial charge in [-0.1, -0.05) is 340 Å². The smallest absolute Gasteiger partial charge is 0.160 e. The normalized spacial score (nSPS) is 11.5. The Kier molecular flexibility index (Phi) is 18.4. The third-order valence-corrected chi connectivity index (χ3v) is 24.3. The summed E-state index contributed by atoms with van der Waals surface area (Å²) in [4.78, 5) is 20.2. The molecule has 0 amide bonds. The fourth-order valence-electron chi connectivity index (χ4n) is 18.5. The Balaban J connectivity index is 0.000000110. The molecule has 0 saturated heterocycles. The average molecular weight is 1600 g/mol. The summed E-state index contributed by atoms with van der Waals surface area (Å²) in [6.45, 7) is 0. The van der Waals surface area contributed by atoms with E-state index in [1.54, 1.807) is 0 Å². The van der Waals surface area contributed by atoms with Crippen molar-refractivity contribution in [1.29, 1.82) is 0 Å². The van der Waals surface area contributed by atoms with E-state index in [1.165, 1.54) is 109 Å². The van der Waals surface area contributed by atoms with Gasteiger partial charge in [0.1, 0.15) is 0 Å². The third-order valence-electron chi connectivity index (χ3n) is 24.3. The molecule has 9 nitrogen and oxygen atoms in total. The molecule has 0 aliphatic heterocycles. The second kappa shape index (κ2) is 31.4. The van der Waals surface area contributed by atoms with Crippen LogP contribution in [0.5, 0.6) is 0 Å². The molecule has 0 aliphatic rings. The van der Waals surface area contributed by atoms with Gasteiger partial charge < -0.3 is 22.8 Å². The Labute approximate surface area is 721 Å². The van der Waals surface area contributed by atoms with E-state index in [-0.39, 0.29) is 0 Å².